The predicted octanol–water partition coefficient (Wildman–Crippen LogP) is 2.48. The van der Waals surface area contributed by atoms with Gasteiger partial charge in [-0.1, -0.05) is 37.3 Å². The first-order valence-corrected chi connectivity index (χ1v) is 10.2. The number of nitrogens with zero attached hydrogens (tertiary/aromatic N) is 3. The Balaban J connectivity index is 1.67. The lowest BCUT2D eigenvalue weighted by Gasteiger charge is -2.25. The van der Waals surface area contributed by atoms with Crippen LogP contribution < -0.4 is 0 Å². The summed E-state index contributed by atoms with van der Waals surface area (Å²) in [7, 11) is -3.23. The van der Waals surface area contributed by atoms with Crippen LogP contribution in [0.3, 0.4) is 0 Å². The summed E-state index contributed by atoms with van der Waals surface area (Å²) in [5.74, 6) is 1.20. The van der Waals surface area contributed by atoms with Crippen molar-refractivity contribution in [2.24, 2.45) is 0 Å². The summed E-state index contributed by atoms with van der Waals surface area (Å²) >= 11 is 0. The maximum absolute atomic E-state index is 12.8. The standard InChI is InChI=1S/C18H25N3O2S/c1-2-18-19-11-13-20(18)15-17-9-6-12-21(17)24(22,23)14-10-16-7-4-3-5-8-16/h3-5,7-8,11,13,17H,2,6,9-10,12,14-15H2,1H3/t17-/m0/s1. The van der Waals surface area contributed by atoms with Crippen LogP contribution >= 0.6 is 0 Å². The van der Waals surface area contributed by atoms with E-state index >= 15 is 0 Å². The molecule has 130 valence electrons. The van der Waals surface area contributed by atoms with Gasteiger partial charge in [0.05, 0.1) is 5.75 Å². The minimum Gasteiger partial charge on any atom is -0.333 e. The lowest BCUT2D eigenvalue weighted by molar-refractivity contribution is 0.349. The van der Waals surface area contributed by atoms with Crippen LogP contribution in [-0.4, -0.2) is 40.6 Å². The Labute approximate surface area is 144 Å². The molecule has 0 N–H and O–H groups in total. The number of hydrogen-bond donors (Lipinski definition) is 0. The third-order valence-corrected chi connectivity index (χ3v) is 6.61. The van der Waals surface area contributed by atoms with Crippen LogP contribution in [0, 0.1) is 0 Å². The Kier molecular flexibility index (Phi) is 5.36. The molecule has 1 atom stereocenters. The number of aromatic nitrogens is 2. The third kappa shape index (κ3) is 3.87. The maximum atomic E-state index is 12.8. The van der Waals surface area contributed by atoms with Crippen LogP contribution in [-0.2, 0) is 29.4 Å². The van der Waals surface area contributed by atoms with Gasteiger partial charge in [0.2, 0.25) is 10.0 Å². The van der Waals surface area contributed by atoms with Crippen molar-refractivity contribution >= 4 is 10.0 Å². The summed E-state index contributed by atoms with van der Waals surface area (Å²) in [5, 5.41) is 0. The fourth-order valence-electron chi connectivity index (χ4n) is 3.41. The van der Waals surface area contributed by atoms with Crippen molar-refractivity contribution in [3.8, 4) is 0 Å². The molecular formula is C18H25N3O2S. The lowest BCUT2D eigenvalue weighted by atomic mass is 10.2. The zero-order valence-electron chi connectivity index (χ0n) is 14.1. The van der Waals surface area contributed by atoms with E-state index in [0.717, 1.165) is 30.7 Å². The zero-order chi connectivity index (χ0) is 17.0. The van der Waals surface area contributed by atoms with Gasteiger partial charge < -0.3 is 4.57 Å². The Hall–Kier alpha value is -1.66. The van der Waals surface area contributed by atoms with Gasteiger partial charge in [-0.2, -0.15) is 4.31 Å². The molecular weight excluding hydrogens is 322 g/mol. The molecule has 0 amide bonds. The van der Waals surface area contributed by atoms with E-state index in [-0.39, 0.29) is 11.8 Å². The number of hydrogen-bond acceptors (Lipinski definition) is 3. The van der Waals surface area contributed by atoms with Crippen LogP contribution in [0.1, 0.15) is 31.2 Å². The van der Waals surface area contributed by atoms with Crippen molar-refractivity contribution in [3.05, 3.63) is 54.1 Å². The van der Waals surface area contributed by atoms with Gasteiger partial charge in [0.1, 0.15) is 5.82 Å². The van der Waals surface area contributed by atoms with Crippen LogP contribution in [0.4, 0.5) is 0 Å². The molecule has 1 aromatic carbocycles. The molecule has 1 aromatic heterocycles. The second kappa shape index (κ2) is 7.49. The van der Waals surface area contributed by atoms with Gasteiger partial charge in [-0.25, -0.2) is 13.4 Å². The molecule has 5 nitrogen and oxygen atoms in total. The van der Waals surface area contributed by atoms with Crippen molar-refractivity contribution in [1.82, 2.24) is 13.9 Å². The largest absolute Gasteiger partial charge is 0.333 e. The normalized spacial score (nSPS) is 19.0. The molecule has 2 aromatic rings. The first-order chi connectivity index (χ1) is 11.6. The van der Waals surface area contributed by atoms with Gasteiger partial charge in [-0.3, -0.25) is 0 Å². The van der Waals surface area contributed by atoms with Crippen molar-refractivity contribution < 1.29 is 8.42 Å². The molecule has 24 heavy (non-hydrogen) atoms. The van der Waals surface area contributed by atoms with E-state index in [1.165, 1.54) is 0 Å². The topological polar surface area (TPSA) is 55.2 Å². The van der Waals surface area contributed by atoms with E-state index in [9.17, 15) is 8.42 Å². The second-order valence-corrected chi connectivity index (χ2v) is 8.35. The van der Waals surface area contributed by atoms with E-state index in [2.05, 4.69) is 16.5 Å². The van der Waals surface area contributed by atoms with Crippen molar-refractivity contribution in [3.63, 3.8) is 0 Å². The molecule has 0 aliphatic carbocycles. The van der Waals surface area contributed by atoms with Crippen molar-refractivity contribution in [2.45, 2.75) is 45.2 Å². The fourth-order valence-corrected chi connectivity index (χ4v) is 5.18. The zero-order valence-corrected chi connectivity index (χ0v) is 15.0. The Bertz CT molecular complexity index is 756. The number of benzene rings is 1. The molecule has 1 aliphatic heterocycles. The smallest absolute Gasteiger partial charge is 0.214 e. The molecule has 1 fully saturated rings. The van der Waals surface area contributed by atoms with E-state index in [1.54, 1.807) is 10.5 Å². The minimum absolute atomic E-state index is 0.0465. The van der Waals surface area contributed by atoms with Gasteiger partial charge >= 0.3 is 0 Å². The highest BCUT2D eigenvalue weighted by molar-refractivity contribution is 7.89. The summed E-state index contributed by atoms with van der Waals surface area (Å²) in [6, 6.07) is 9.86. The Morgan fingerprint density at radius 2 is 2.04 bits per heavy atom. The van der Waals surface area contributed by atoms with Crippen molar-refractivity contribution in [1.29, 1.82) is 0 Å². The highest BCUT2D eigenvalue weighted by Gasteiger charge is 2.34. The quantitative estimate of drug-likeness (QED) is 0.773. The molecule has 3 rings (SSSR count). The summed E-state index contributed by atoms with van der Waals surface area (Å²) in [6.45, 7) is 3.41. The van der Waals surface area contributed by atoms with E-state index < -0.39 is 10.0 Å². The molecule has 1 saturated heterocycles. The molecule has 0 radical (unpaired) electrons. The van der Waals surface area contributed by atoms with Gasteiger partial charge in [0.15, 0.2) is 0 Å². The van der Waals surface area contributed by atoms with Crippen LogP contribution in [0.2, 0.25) is 0 Å². The van der Waals surface area contributed by atoms with Crippen LogP contribution in [0.25, 0.3) is 0 Å². The predicted molar refractivity (Wildman–Crippen MR) is 95.3 cm³/mol. The van der Waals surface area contributed by atoms with E-state index in [4.69, 9.17) is 0 Å². The summed E-state index contributed by atoms with van der Waals surface area (Å²) in [6.07, 6.45) is 7.03. The van der Waals surface area contributed by atoms with Gasteiger partial charge in [-0.15, -0.1) is 0 Å². The van der Waals surface area contributed by atoms with E-state index in [1.807, 2.05) is 36.5 Å². The first-order valence-electron chi connectivity index (χ1n) is 8.63. The number of imidazole rings is 1. The molecule has 0 bridgehead atoms. The SMILES string of the molecule is CCc1nccn1C[C@@H]1CCCN1S(=O)(=O)CCc1ccccc1. The maximum Gasteiger partial charge on any atom is 0.214 e. The first kappa shape index (κ1) is 17.2. The Morgan fingerprint density at radius 3 is 2.79 bits per heavy atom. The number of sulfonamides is 1. The van der Waals surface area contributed by atoms with Crippen molar-refractivity contribution in [2.75, 3.05) is 12.3 Å². The highest BCUT2D eigenvalue weighted by atomic mass is 32.2. The number of rotatable bonds is 7. The average molecular weight is 347 g/mol. The lowest BCUT2D eigenvalue weighted by Crippen LogP contribution is -2.39. The summed E-state index contributed by atoms with van der Waals surface area (Å²) in [4.78, 5) is 4.33. The Morgan fingerprint density at radius 1 is 1.25 bits per heavy atom. The molecule has 0 unspecified atom stereocenters. The van der Waals surface area contributed by atoms with Gasteiger partial charge in [-0.05, 0) is 24.8 Å². The number of aryl methyl sites for hydroxylation is 2. The molecule has 2 heterocycles. The molecule has 1 aliphatic rings. The van der Waals surface area contributed by atoms with Gasteiger partial charge in [0.25, 0.3) is 0 Å². The van der Waals surface area contributed by atoms with Crippen LogP contribution in [0.5, 0.6) is 0 Å². The fraction of sp³-hybridized carbons (Fsp3) is 0.500. The molecule has 0 saturated carbocycles. The summed E-state index contributed by atoms with van der Waals surface area (Å²) in [5.41, 5.74) is 1.07. The van der Waals surface area contributed by atoms with Gasteiger partial charge in [0, 0.05) is 37.9 Å². The third-order valence-electron chi connectivity index (χ3n) is 4.70. The molecule has 6 heteroatoms. The highest BCUT2D eigenvalue weighted by Crippen LogP contribution is 2.24. The second-order valence-electron chi connectivity index (χ2n) is 6.31. The van der Waals surface area contributed by atoms with Crippen LogP contribution in [0.15, 0.2) is 42.7 Å². The summed E-state index contributed by atoms with van der Waals surface area (Å²) < 4.78 is 29.4. The molecule has 0 spiro atoms. The average Bonchev–Trinajstić information content (AvgIpc) is 3.24. The minimum atomic E-state index is -3.23. The monoisotopic (exact) mass is 347 g/mol. The van der Waals surface area contributed by atoms with E-state index in [0.29, 0.717) is 19.5 Å².